The van der Waals surface area contributed by atoms with Crippen LogP contribution in [0.2, 0.25) is 0 Å². The summed E-state index contributed by atoms with van der Waals surface area (Å²) >= 11 is 0. The predicted octanol–water partition coefficient (Wildman–Crippen LogP) is 0.539. The van der Waals surface area contributed by atoms with E-state index >= 15 is 0 Å². The molecule has 2 saturated heterocycles. The molecule has 0 bridgehead atoms. The first-order chi connectivity index (χ1) is 11.2. The molecule has 0 aromatic heterocycles. The molecule has 2 fully saturated rings. The van der Waals surface area contributed by atoms with Gasteiger partial charge in [-0.15, -0.1) is 0 Å². The molecule has 0 spiro atoms. The largest absolute Gasteiger partial charge is 0.353 e. The summed E-state index contributed by atoms with van der Waals surface area (Å²) < 4.78 is 11.4. The Labute approximate surface area is 144 Å². The lowest BCUT2D eigenvalue weighted by Gasteiger charge is -2.44. The lowest BCUT2D eigenvalue weighted by molar-refractivity contribution is -0.304. The van der Waals surface area contributed by atoms with Gasteiger partial charge in [-0.2, -0.15) is 0 Å². The van der Waals surface area contributed by atoms with Crippen molar-refractivity contribution < 1.29 is 19.1 Å². The number of carbonyl (C=O) groups is 2. The van der Waals surface area contributed by atoms with Gasteiger partial charge in [0.25, 0.3) is 0 Å². The number of ether oxygens (including phenoxy) is 2. The molecule has 2 amide bonds. The summed E-state index contributed by atoms with van der Waals surface area (Å²) in [6.45, 7) is 10.1. The summed E-state index contributed by atoms with van der Waals surface area (Å²) in [6, 6.07) is 0.195. The molecule has 2 rings (SSSR count). The van der Waals surface area contributed by atoms with Crippen LogP contribution in [0.5, 0.6) is 0 Å². The average molecular weight is 341 g/mol. The van der Waals surface area contributed by atoms with Gasteiger partial charge < -0.3 is 25.4 Å². The van der Waals surface area contributed by atoms with Crippen LogP contribution < -0.4 is 16.0 Å². The Bertz CT molecular complexity index is 459. The maximum Gasteiger partial charge on any atom is 0.249 e. The summed E-state index contributed by atoms with van der Waals surface area (Å²) in [5.74, 6) is -0.997. The minimum absolute atomic E-state index is 0.0310. The monoisotopic (exact) mass is 341 g/mol. The molecule has 7 heteroatoms. The van der Waals surface area contributed by atoms with Crippen LogP contribution in [0.15, 0.2) is 0 Å². The van der Waals surface area contributed by atoms with Crippen LogP contribution in [0.1, 0.15) is 47.0 Å². The van der Waals surface area contributed by atoms with Crippen molar-refractivity contribution in [2.24, 2.45) is 5.41 Å². The van der Waals surface area contributed by atoms with E-state index in [1.54, 1.807) is 13.8 Å². The van der Waals surface area contributed by atoms with E-state index in [9.17, 15) is 9.59 Å². The van der Waals surface area contributed by atoms with Gasteiger partial charge in [-0.3, -0.25) is 9.59 Å². The minimum atomic E-state index is -0.775. The van der Waals surface area contributed by atoms with Crippen LogP contribution in [-0.2, 0) is 19.1 Å². The zero-order valence-electron chi connectivity index (χ0n) is 15.2. The third-order valence-electron chi connectivity index (χ3n) is 4.45. The second-order valence-corrected chi connectivity index (χ2v) is 7.83. The van der Waals surface area contributed by atoms with E-state index in [0.29, 0.717) is 13.2 Å². The summed E-state index contributed by atoms with van der Waals surface area (Å²) in [6.07, 6.45) is 1.76. The van der Waals surface area contributed by atoms with Crippen molar-refractivity contribution in [3.63, 3.8) is 0 Å². The highest BCUT2D eigenvalue weighted by Crippen LogP contribution is 2.34. The lowest BCUT2D eigenvalue weighted by Crippen LogP contribution is -2.56. The Hall–Kier alpha value is -1.18. The molecule has 0 saturated carbocycles. The van der Waals surface area contributed by atoms with Gasteiger partial charge in [0.15, 0.2) is 5.79 Å². The van der Waals surface area contributed by atoms with Gasteiger partial charge in [-0.1, -0.05) is 13.8 Å². The summed E-state index contributed by atoms with van der Waals surface area (Å²) in [5.41, 5.74) is -0.407. The molecule has 2 aliphatic heterocycles. The number of piperidine rings is 1. The molecule has 0 radical (unpaired) electrons. The zero-order valence-corrected chi connectivity index (χ0v) is 15.2. The zero-order chi connectivity index (χ0) is 17.8. The van der Waals surface area contributed by atoms with Crippen molar-refractivity contribution in [2.75, 3.05) is 26.2 Å². The number of hydrogen-bond donors (Lipinski definition) is 3. The highest BCUT2D eigenvalue weighted by Gasteiger charge is 2.45. The fourth-order valence-electron chi connectivity index (χ4n) is 2.99. The normalized spacial score (nSPS) is 28.8. The Morgan fingerprint density at radius 1 is 1.25 bits per heavy atom. The number of hydrogen-bond acceptors (Lipinski definition) is 5. The molecule has 2 aliphatic rings. The molecule has 138 valence electrons. The van der Waals surface area contributed by atoms with Gasteiger partial charge in [0, 0.05) is 31.0 Å². The number of carbonyl (C=O) groups excluding carboxylic acids is 2. The van der Waals surface area contributed by atoms with Gasteiger partial charge in [0.1, 0.15) is 6.10 Å². The van der Waals surface area contributed by atoms with E-state index in [4.69, 9.17) is 9.47 Å². The smallest absolute Gasteiger partial charge is 0.249 e. The topological polar surface area (TPSA) is 88.7 Å². The Balaban J connectivity index is 1.74. The molecular weight excluding hydrogens is 310 g/mol. The van der Waals surface area contributed by atoms with Gasteiger partial charge in [-0.05, 0) is 33.2 Å². The van der Waals surface area contributed by atoms with Gasteiger partial charge in [-0.25, -0.2) is 0 Å². The highest BCUT2D eigenvalue weighted by molar-refractivity contribution is 5.83. The molecule has 0 aromatic carbocycles. The fraction of sp³-hybridized carbons (Fsp3) is 0.882. The molecule has 24 heavy (non-hydrogen) atoms. The van der Waals surface area contributed by atoms with Crippen molar-refractivity contribution in [2.45, 2.75) is 64.9 Å². The Morgan fingerprint density at radius 3 is 2.67 bits per heavy atom. The second kappa shape index (κ2) is 7.80. The quantitative estimate of drug-likeness (QED) is 0.679. The average Bonchev–Trinajstić information content (AvgIpc) is 2.51. The van der Waals surface area contributed by atoms with E-state index in [0.717, 1.165) is 25.9 Å². The highest BCUT2D eigenvalue weighted by atomic mass is 16.7. The molecule has 2 atom stereocenters. The standard InChI is InChI=1S/C17H31N3O4/c1-16(2)11-23-17(3,4)24-14(16)15(22)19-9-7-13(21)20-12-6-5-8-18-10-12/h12,14,18H,5-11H2,1-4H3,(H,19,22)(H,20,21). The first-order valence-electron chi connectivity index (χ1n) is 8.79. The summed E-state index contributed by atoms with van der Waals surface area (Å²) in [7, 11) is 0. The van der Waals surface area contributed by atoms with Crippen molar-refractivity contribution in [1.29, 1.82) is 0 Å². The third-order valence-corrected chi connectivity index (χ3v) is 4.45. The van der Waals surface area contributed by atoms with Crippen LogP contribution in [0, 0.1) is 5.41 Å². The lowest BCUT2D eigenvalue weighted by atomic mass is 9.85. The first-order valence-corrected chi connectivity index (χ1v) is 8.79. The van der Waals surface area contributed by atoms with Gasteiger partial charge in [0.05, 0.1) is 6.61 Å². The van der Waals surface area contributed by atoms with Gasteiger partial charge >= 0.3 is 0 Å². The molecule has 2 heterocycles. The number of nitrogens with one attached hydrogen (secondary N) is 3. The maximum atomic E-state index is 12.4. The molecule has 7 nitrogen and oxygen atoms in total. The second-order valence-electron chi connectivity index (χ2n) is 7.83. The van der Waals surface area contributed by atoms with E-state index in [2.05, 4.69) is 16.0 Å². The van der Waals surface area contributed by atoms with Crippen LogP contribution in [0.25, 0.3) is 0 Å². The van der Waals surface area contributed by atoms with E-state index in [1.807, 2.05) is 13.8 Å². The van der Waals surface area contributed by atoms with Gasteiger partial charge in [0.2, 0.25) is 11.8 Å². The summed E-state index contributed by atoms with van der Waals surface area (Å²) in [5, 5.41) is 9.08. The Kier molecular flexibility index (Phi) is 6.22. The maximum absolute atomic E-state index is 12.4. The first kappa shape index (κ1) is 19.1. The van der Waals surface area contributed by atoms with Crippen LogP contribution >= 0.6 is 0 Å². The number of rotatable bonds is 5. The molecule has 3 N–H and O–H groups in total. The van der Waals surface area contributed by atoms with Crippen molar-refractivity contribution in [3.8, 4) is 0 Å². The third kappa shape index (κ3) is 5.43. The van der Waals surface area contributed by atoms with Crippen LogP contribution in [-0.4, -0.2) is 56.0 Å². The van der Waals surface area contributed by atoms with Crippen LogP contribution in [0.3, 0.4) is 0 Å². The fourth-order valence-corrected chi connectivity index (χ4v) is 2.99. The van der Waals surface area contributed by atoms with E-state index in [-0.39, 0.29) is 24.3 Å². The van der Waals surface area contributed by atoms with Crippen LogP contribution in [0.4, 0.5) is 0 Å². The number of amides is 2. The van der Waals surface area contributed by atoms with Crippen molar-refractivity contribution in [3.05, 3.63) is 0 Å². The van der Waals surface area contributed by atoms with Crippen molar-refractivity contribution in [1.82, 2.24) is 16.0 Å². The minimum Gasteiger partial charge on any atom is -0.353 e. The van der Waals surface area contributed by atoms with Crippen molar-refractivity contribution >= 4 is 11.8 Å². The molecule has 0 aromatic rings. The molecular formula is C17H31N3O4. The SMILES string of the molecule is CC1(C)OCC(C)(C)C(C(=O)NCCC(=O)NC2CCCNC2)O1. The van der Waals surface area contributed by atoms with E-state index in [1.165, 1.54) is 0 Å². The Morgan fingerprint density at radius 2 is 2.00 bits per heavy atom. The van der Waals surface area contributed by atoms with E-state index < -0.39 is 17.3 Å². The molecule has 0 aliphatic carbocycles. The predicted molar refractivity (Wildman–Crippen MR) is 90.3 cm³/mol. The summed E-state index contributed by atoms with van der Waals surface area (Å²) in [4.78, 5) is 24.4. The molecule has 2 unspecified atom stereocenters.